The lowest BCUT2D eigenvalue weighted by Crippen LogP contribution is -2.40. The Morgan fingerprint density at radius 2 is 1.80 bits per heavy atom. The van der Waals surface area contributed by atoms with E-state index in [1.807, 2.05) is 22.6 Å². The van der Waals surface area contributed by atoms with Gasteiger partial charge in [-0.3, -0.25) is 4.79 Å². The van der Waals surface area contributed by atoms with E-state index in [4.69, 9.17) is 9.47 Å². The summed E-state index contributed by atoms with van der Waals surface area (Å²) in [5, 5.41) is 12.3. The van der Waals surface area contributed by atoms with Crippen molar-refractivity contribution in [3.63, 3.8) is 0 Å². The number of aromatic hydroxyl groups is 1. The lowest BCUT2D eigenvalue weighted by Gasteiger charge is -2.26. The van der Waals surface area contributed by atoms with E-state index in [2.05, 4.69) is 5.32 Å². The summed E-state index contributed by atoms with van der Waals surface area (Å²) >= 11 is 1.98. The number of sulfonamides is 1. The second-order valence-corrected chi connectivity index (χ2v) is 9.51. The van der Waals surface area contributed by atoms with E-state index in [0.29, 0.717) is 32.0 Å². The first-order valence-corrected chi connectivity index (χ1v) is 11.4. The molecule has 1 fully saturated rings. The van der Waals surface area contributed by atoms with Gasteiger partial charge >= 0.3 is 5.97 Å². The summed E-state index contributed by atoms with van der Waals surface area (Å²) in [7, 11) is -3.62. The number of carbonyl (C=O) groups excluding carboxylic acids is 2. The first kappa shape index (κ1) is 22.5. The van der Waals surface area contributed by atoms with Gasteiger partial charge in [-0.2, -0.15) is 4.31 Å². The fourth-order valence-electron chi connectivity index (χ4n) is 2.72. The average Bonchev–Trinajstić information content (AvgIpc) is 2.75. The molecule has 2 aromatic rings. The number of amides is 1. The molecule has 9 nitrogen and oxygen atoms in total. The number of hydrogen-bond acceptors (Lipinski definition) is 7. The van der Waals surface area contributed by atoms with E-state index in [9.17, 15) is 23.1 Å². The molecule has 0 aliphatic carbocycles. The van der Waals surface area contributed by atoms with Gasteiger partial charge in [-0.1, -0.05) is 0 Å². The zero-order valence-corrected chi connectivity index (χ0v) is 18.7. The van der Waals surface area contributed by atoms with E-state index >= 15 is 0 Å². The molecule has 11 heteroatoms. The van der Waals surface area contributed by atoms with Crippen molar-refractivity contribution in [1.82, 2.24) is 4.31 Å². The van der Waals surface area contributed by atoms with Crippen LogP contribution in [0.1, 0.15) is 10.4 Å². The maximum atomic E-state index is 12.6. The van der Waals surface area contributed by atoms with E-state index in [1.165, 1.54) is 40.7 Å². The van der Waals surface area contributed by atoms with Gasteiger partial charge in [0, 0.05) is 22.3 Å². The first-order chi connectivity index (χ1) is 14.3. The molecule has 0 spiro atoms. The van der Waals surface area contributed by atoms with Crippen LogP contribution >= 0.6 is 22.6 Å². The fourth-order valence-corrected chi connectivity index (χ4v) is 4.62. The summed E-state index contributed by atoms with van der Waals surface area (Å²) in [4.78, 5) is 24.2. The number of benzene rings is 2. The van der Waals surface area contributed by atoms with Crippen LogP contribution in [-0.4, -0.2) is 62.6 Å². The largest absolute Gasteiger partial charge is 0.507 e. The van der Waals surface area contributed by atoms with Gasteiger partial charge in [0.1, 0.15) is 11.3 Å². The van der Waals surface area contributed by atoms with Crippen LogP contribution in [-0.2, 0) is 24.3 Å². The highest BCUT2D eigenvalue weighted by molar-refractivity contribution is 14.1. The van der Waals surface area contributed by atoms with Crippen molar-refractivity contribution < 1.29 is 32.6 Å². The van der Waals surface area contributed by atoms with Gasteiger partial charge in [-0.25, -0.2) is 13.2 Å². The minimum absolute atomic E-state index is 0.0348. The highest BCUT2D eigenvalue weighted by Crippen LogP contribution is 2.21. The van der Waals surface area contributed by atoms with Crippen molar-refractivity contribution in [3.05, 3.63) is 51.6 Å². The van der Waals surface area contributed by atoms with Crippen molar-refractivity contribution >= 4 is 50.2 Å². The number of ether oxygens (including phenoxy) is 2. The van der Waals surface area contributed by atoms with Gasteiger partial charge in [-0.15, -0.1) is 0 Å². The molecule has 1 aliphatic heterocycles. The number of carbonyl (C=O) groups is 2. The van der Waals surface area contributed by atoms with Crippen LogP contribution in [0.4, 0.5) is 5.69 Å². The summed E-state index contributed by atoms with van der Waals surface area (Å²) < 4.78 is 37.4. The monoisotopic (exact) mass is 546 g/mol. The van der Waals surface area contributed by atoms with Gasteiger partial charge in [0.15, 0.2) is 6.61 Å². The highest BCUT2D eigenvalue weighted by atomic mass is 127. The lowest BCUT2D eigenvalue weighted by atomic mass is 10.2. The Morgan fingerprint density at radius 3 is 2.47 bits per heavy atom. The Kier molecular flexibility index (Phi) is 7.28. The minimum Gasteiger partial charge on any atom is -0.507 e. The molecule has 2 N–H and O–H groups in total. The fraction of sp³-hybridized carbons (Fsp3) is 0.263. The Hall–Kier alpha value is -2.22. The first-order valence-electron chi connectivity index (χ1n) is 8.91. The molecular weight excluding hydrogens is 527 g/mol. The van der Waals surface area contributed by atoms with Crippen molar-refractivity contribution in [2.24, 2.45) is 0 Å². The lowest BCUT2D eigenvalue weighted by molar-refractivity contribution is -0.119. The van der Waals surface area contributed by atoms with Crippen molar-refractivity contribution in [3.8, 4) is 5.75 Å². The Morgan fingerprint density at radius 1 is 1.13 bits per heavy atom. The molecule has 0 saturated carbocycles. The van der Waals surface area contributed by atoms with Gasteiger partial charge < -0.3 is 19.9 Å². The summed E-state index contributed by atoms with van der Waals surface area (Å²) in [5.74, 6) is -1.66. The molecule has 30 heavy (non-hydrogen) atoms. The van der Waals surface area contributed by atoms with Gasteiger partial charge in [0.25, 0.3) is 5.91 Å². The average molecular weight is 546 g/mol. The van der Waals surface area contributed by atoms with Crippen molar-refractivity contribution in [2.45, 2.75) is 4.90 Å². The third kappa shape index (κ3) is 5.47. The summed E-state index contributed by atoms with van der Waals surface area (Å²) in [6.45, 7) is 0.736. The predicted octanol–water partition coefficient (Wildman–Crippen LogP) is 1.81. The Balaban J connectivity index is 1.57. The maximum Gasteiger partial charge on any atom is 0.342 e. The number of halogens is 1. The molecule has 0 bridgehead atoms. The van der Waals surface area contributed by atoms with Crippen molar-refractivity contribution in [1.29, 1.82) is 0 Å². The normalized spacial score (nSPS) is 14.8. The van der Waals surface area contributed by atoms with Crippen LogP contribution in [0.5, 0.6) is 5.75 Å². The molecule has 0 aromatic heterocycles. The molecule has 1 heterocycles. The number of phenols is 1. The maximum absolute atomic E-state index is 12.6. The van der Waals surface area contributed by atoms with E-state index < -0.39 is 28.5 Å². The molecule has 1 aliphatic rings. The molecule has 3 rings (SSSR count). The predicted molar refractivity (Wildman–Crippen MR) is 116 cm³/mol. The van der Waals surface area contributed by atoms with Crippen LogP contribution in [0.25, 0.3) is 0 Å². The summed E-state index contributed by atoms with van der Waals surface area (Å²) in [6, 6.07) is 10.2. The van der Waals surface area contributed by atoms with Gasteiger partial charge in [-0.05, 0) is 65.1 Å². The minimum atomic E-state index is -3.62. The number of hydrogen-bond donors (Lipinski definition) is 2. The number of rotatable bonds is 6. The van der Waals surface area contributed by atoms with Crippen LogP contribution in [0.15, 0.2) is 47.4 Å². The Labute approximate surface area is 187 Å². The van der Waals surface area contributed by atoms with Crippen LogP contribution < -0.4 is 5.32 Å². The van der Waals surface area contributed by atoms with Crippen LogP contribution in [0.3, 0.4) is 0 Å². The topological polar surface area (TPSA) is 122 Å². The Bertz CT molecular complexity index is 1040. The van der Waals surface area contributed by atoms with Crippen LogP contribution in [0.2, 0.25) is 0 Å². The van der Waals surface area contributed by atoms with Crippen molar-refractivity contribution in [2.75, 3.05) is 38.2 Å². The molecule has 1 saturated heterocycles. The number of morpholine rings is 1. The summed E-state index contributed by atoms with van der Waals surface area (Å²) in [6.07, 6.45) is 0. The molecule has 0 atom stereocenters. The highest BCUT2D eigenvalue weighted by Gasteiger charge is 2.26. The molecule has 160 valence electrons. The van der Waals surface area contributed by atoms with Gasteiger partial charge in [0.05, 0.1) is 18.1 Å². The summed E-state index contributed by atoms with van der Waals surface area (Å²) in [5.41, 5.74) is 0.321. The molecular formula is C19H19IN2O7S. The van der Waals surface area contributed by atoms with Crippen LogP contribution in [0, 0.1) is 3.57 Å². The molecule has 2 aromatic carbocycles. The van der Waals surface area contributed by atoms with E-state index in [1.54, 1.807) is 6.07 Å². The SMILES string of the molecule is O=C(COC(=O)c1cc(I)ccc1O)Nc1ccc(S(=O)(=O)N2CCOCC2)cc1. The third-order valence-corrected chi connectivity index (χ3v) is 6.84. The second kappa shape index (κ2) is 9.73. The number of phenolic OH excluding ortho intramolecular Hbond substituents is 1. The standard InChI is InChI=1S/C19H19IN2O7S/c20-13-1-6-17(23)16(11-13)19(25)29-12-18(24)21-14-2-4-15(5-3-14)30(26,27)22-7-9-28-10-8-22/h1-6,11,23H,7-10,12H2,(H,21,24). The second-order valence-electron chi connectivity index (χ2n) is 6.33. The van der Waals surface area contributed by atoms with E-state index in [0.717, 1.165) is 3.57 Å². The molecule has 0 radical (unpaired) electrons. The number of esters is 1. The number of nitrogens with one attached hydrogen (secondary N) is 1. The quantitative estimate of drug-likeness (QED) is 0.419. The number of anilines is 1. The smallest absolute Gasteiger partial charge is 0.342 e. The number of nitrogens with zero attached hydrogens (tertiary/aromatic N) is 1. The zero-order chi connectivity index (χ0) is 21.7. The van der Waals surface area contributed by atoms with Gasteiger partial charge in [0.2, 0.25) is 10.0 Å². The molecule has 1 amide bonds. The molecule has 0 unspecified atom stereocenters. The van der Waals surface area contributed by atoms with E-state index in [-0.39, 0.29) is 16.2 Å². The zero-order valence-electron chi connectivity index (χ0n) is 15.7. The third-order valence-electron chi connectivity index (χ3n) is 4.26.